The van der Waals surface area contributed by atoms with E-state index >= 15 is 0 Å². The zero-order chi connectivity index (χ0) is 10.8. The summed E-state index contributed by atoms with van der Waals surface area (Å²) in [7, 11) is 0. The van der Waals surface area contributed by atoms with Gasteiger partial charge in [-0.1, -0.05) is 22.9 Å². The van der Waals surface area contributed by atoms with Gasteiger partial charge in [0, 0.05) is 15.7 Å². The number of carbonyl (C=O) groups is 1. The zero-order valence-electron chi connectivity index (χ0n) is 8.51. The number of benzene rings is 1. The van der Waals surface area contributed by atoms with Crippen LogP contribution in [-0.2, 0) is 4.79 Å². The Kier molecular flexibility index (Phi) is 3.07. The number of carbonyl (C=O) groups excluding carboxylic acids is 1. The molecule has 1 heterocycles. The molecule has 1 aliphatic rings. The van der Waals surface area contributed by atoms with E-state index in [1.807, 2.05) is 18.2 Å². The van der Waals surface area contributed by atoms with Crippen LogP contribution < -0.4 is 10.6 Å². The van der Waals surface area contributed by atoms with Crippen LogP contribution in [0.1, 0.15) is 24.9 Å². The Morgan fingerprint density at radius 1 is 1.53 bits per heavy atom. The van der Waals surface area contributed by atoms with Crippen molar-refractivity contribution < 1.29 is 4.79 Å². The van der Waals surface area contributed by atoms with Crippen LogP contribution in [0.5, 0.6) is 0 Å². The highest BCUT2D eigenvalue weighted by Crippen LogP contribution is 2.32. The van der Waals surface area contributed by atoms with Crippen LogP contribution in [0.3, 0.4) is 0 Å². The van der Waals surface area contributed by atoms with E-state index in [1.54, 1.807) is 0 Å². The normalized spacial score (nSPS) is 18.8. The summed E-state index contributed by atoms with van der Waals surface area (Å²) in [5.41, 5.74) is 1.94. The lowest BCUT2D eigenvalue weighted by Crippen LogP contribution is -2.27. The van der Waals surface area contributed by atoms with Crippen LogP contribution >= 0.6 is 15.9 Å². The summed E-state index contributed by atoms with van der Waals surface area (Å²) < 4.78 is 1.00. The van der Waals surface area contributed by atoms with Crippen molar-refractivity contribution in [1.29, 1.82) is 0 Å². The third-order valence-corrected chi connectivity index (χ3v) is 2.94. The fraction of sp³-hybridized carbons (Fsp3) is 0.364. The van der Waals surface area contributed by atoms with E-state index in [1.165, 1.54) is 0 Å². The average molecular weight is 269 g/mol. The van der Waals surface area contributed by atoms with E-state index in [-0.39, 0.29) is 11.9 Å². The van der Waals surface area contributed by atoms with E-state index in [2.05, 4.69) is 33.5 Å². The molecule has 0 bridgehead atoms. The van der Waals surface area contributed by atoms with Crippen molar-refractivity contribution in [3.05, 3.63) is 28.2 Å². The maximum atomic E-state index is 11.7. The highest BCUT2D eigenvalue weighted by atomic mass is 79.9. The van der Waals surface area contributed by atoms with E-state index in [0.717, 1.165) is 28.7 Å². The standard InChI is InChI=1S/C11H13BrN2O/c1-2-5-13-10-8-6-7(12)3-4-9(8)14-11(10)15/h3-4,6,10,13H,2,5H2,1H3,(H,14,15). The van der Waals surface area contributed by atoms with Crippen LogP contribution in [0.4, 0.5) is 5.69 Å². The van der Waals surface area contributed by atoms with Gasteiger partial charge in [0.05, 0.1) is 0 Å². The van der Waals surface area contributed by atoms with Gasteiger partial charge in [-0.05, 0) is 31.2 Å². The number of nitrogens with one attached hydrogen (secondary N) is 2. The summed E-state index contributed by atoms with van der Waals surface area (Å²) in [5, 5.41) is 6.09. The minimum absolute atomic E-state index is 0.0385. The van der Waals surface area contributed by atoms with Gasteiger partial charge in [0.2, 0.25) is 5.91 Å². The Bertz CT molecular complexity index is 392. The summed E-state index contributed by atoms with van der Waals surface area (Å²) in [5.74, 6) is 0.0385. The molecule has 1 unspecified atom stereocenters. The van der Waals surface area contributed by atoms with Gasteiger partial charge in [-0.25, -0.2) is 0 Å². The molecule has 3 nitrogen and oxygen atoms in total. The monoisotopic (exact) mass is 268 g/mol. The molecule has 0 aliphatic carbocycles. The van der Waals surface area contributed by atoms with Crippen molar-refractivity contribution in [3.63, 3.8) is 0 Å². The molecular formula is C11H13BrN2O. The van der Waals surface area contributed by atoms with Crippen molar-refractivity contribution in [3.8, 4) is 0 Å². The quantitative estimate of drug-likeness (QED) is 0.884. The number of rotatable bonds is 3. The first-order chi connectivity index (χ1) is 7.22. The molecule has 1 aromatic carbocycles. The van der Waals surface area contributed by atoms with Gasteiger partial charge < -0.3 is 10.6 Å². The first kappa shape index (κ1) is 10.6. The van der Waals surface area contributed by atoms with E-state index in [9.17, 15) is 4.79 Å². The summed E-state index contributed by atoms with van der Waals surface area (Å²) in [6, 6.07) is 5.64. The van der Waals surface area contributed by atoms with Crippen LogP contribution in [-0.4, -0.2) is 12.5 Å². The van der Waals surface area contributed by atoms with Crippen LogP contribution in [0.25, 0.3) is 0 Å². The van der Waals surface area contributed by atoms with Crippen molar-refractivity contribution >= 4 is 27.5 Å². The maximum absolute atomic E-state index is 11.7. The second-order valence-corrected chi connectivity index (χ2v) is 4.52. The maximum Gasteiger partial charge on any atom is 0.246 e. The molecule has 1 amide bonds. The van der Waals surface area contributed by atoms with Crippen molar-refractivity contribution in [1.82, 2.24) is 5.32 Å². The first-order valence-corrected chi connectivity index (χ1v) is 5.85. The van der Waals surface area contributed by atoms with Crippen LogP contribution in [0.15, 0.2) is 22.7 Å². The highest BCUT2D eigenvalue weighted by Gasteiger charge is 2.29. The molecule has 0 spiro atoms. The SMILES string of the molecule is CCCNC1C(=O)Nc2ccc(Br)cc21. The summed E-state index contributed by atoms with van der Waals surface area (Å²) in [6.07, 6.45) is 1.02. The molecule has 80 valence electrons. The predicted octanol–water partition coefficient (Wildman–Crippen LogP) is 2.44. The Morgan fingerprint density at radius 3 is 3.07 bits per heavy atom. The van der Waals surface area contributed by atoms with E-state index < -0.39 is 0 Å². The number of hydrogen-bond acceptors (Lipinski definition) is 2. The average Bonchev–Trinajstić information content (AvgIpc) is 2.51. The van der Waals surface area contributed by atoms with Gasteiger partial charge in [0.15, 0.2) is 0 Å². The molecule has 4 heteroatoms. The molecule has 1 atom stereocenters. The minimum atomic E-state index is -0.197. The number of fused-ring (bicyclic) bond motifs is 1. The lowest BCUT2D eigenvalue weighted by atomic mass is 10.1. The molecule has 1 aromatic rings. The lowest BCUT2D eigenvalue weighted by Gasteiger charge is -2.10. The topological polar surface area (TPSA) is 41.1 Å². The van der Waals surface area contributed by atoms with Gasteiger partial charge >= 0.3 is 0 Å². The van der Waals surface area contributed by atoms with Crippen LogP contribution in [0.2, 0.25) is 0 Å². The Labute approximate surface area is 97.4 Å². The first-order valence-electron chi connectivity index (χ1n) is 5.06. The highest BCUT2D eigenvalue weighted by molar-refractivity contribution is 9.10. The van der Waals surface area contributed by atoms with E-state index in [4.69, 9.17) is 0 Å². The second-order valence-electron chi connectivity index (χ2n) is 3.61. The van der Waals surface area contributed by atoms with Gasteiger partial charge in [0.1, 0.15) is 6.04 Å². The summed E-state index contributed by atoms with van der Waals surface area (Å²) in [6.45, 7) is 2.94. The number of halogens is 1. The van der Waals surface area contributed by atoms with Gasteiger partial charge in [-0.3, -0.25) is 4.79 Å². The van der Waals surface area contributed by atoms with Gasteiger partial charge in [-0.15, -0.1) is 0 Å². The molecule has 2 rings (SSSR count). The largest absolute Gasteiger partial charge is 0.324 e. The molecule has 0 fully saturated rings. The number of anilines is 1. The summed E-state index contributed by atoms with van der Waals surface area (Å²) >= 11 is 3.41. The molecule has 0 radical (unpaired) electrons. The molecule has 0 saturated heterocycles. The van der Waals surface area contributed by atoms with Gasteiger partial charge in [0.25, 0.3) is 0 Å². The molecule has 1 aliphatic heterocycles. The number of amides is 1. The predicted molar refractivity (Wildman–Crippen MR) is 63.8 cm³/mol. The van der Waals surface area contributed by atoms with Crippen molar-refractivity contribution in [2.45, 2.75) is 19.4 Å². The van der Waals surface area contributed by atoms with E-state index in [0.29, 0.717) is 0 Å². The Balaban J connectivity index is 2.27. The molecular weight excluding hydrogens is 256 g/mol. The van der Waals surface area contributed by atoms with Crippen LogP contribution in [0, 0.1) is 0 Å². The fourth-order valence-corrected chi connectivity index (χ4v) is 2.10. The molecule has 0 aromatic heterocycles. The fourth-order valence-electron chi connectivity index (χ4n) is 1.72. The number of hydrogen-bond donors (Lipinski definition) is 2. The zero-order valence-corrected chi connectivity index (χ0v) is 10.1. The van der Waals surface area contributed by atoms with Crippen molar-refractivity contribution in [2.75, 3.05) is 11.9 Å². The van der Waals surface area contributed by atoms with Crippen molar-refractivity contribution in [2.24, 2.45) is 0 Å². The summed E-state index contributed by atoms with van der Waals surface area (Å²) in [4.78, 5) is 11.7. The Morgan fingerprint density at radius 2 is 2.33 bits per heavy atom. The second kappa shape index (κ2) is 4.33. The third-order valence-electron chi connectivity index (χ3n) is 2.44. The Hall–Kier alpha value is -0.870. The molecule has 0 saturated carbocycles. The smallest absolute Gasteiger partial charge is 0.246 e. The third kappa shape index (κ3) is 2.06. The minimum Gasteiger partial charge on any atom is -0.324 e. The lowest BCUT2D eigenvalue weighted by molar-refractivity contribution is -0.117. The van der Waals surface area contributed by atoms with Gasteiger partial charge in [-0.2, -0.15) is 0 Å². The molecule has 15 heavy (non-hydrogen) atoms. The molecule has 2 N–H and O–H groups in total.